The molecule has 0 heterocycles. The summed E-state index contributed by atoms with van der Waals surface area (Å²) >= 11 is 0. The number of nitroso groups, excluding NO2 is 1. The maximum Gasteiger partial charge on any atom is 0.150 e. The average Bonchev–Trinajstić information content (AvgIpc) is 3.05. The Morgan fingerprint density at radius 1 is 0.556 bits per heavy atom. The van der Waals surface area contributed by atoms with Crippen LogP contribution < -0.4 is 5.73 Å². The zero-order valence-electron chi connectivity index (χ0n) is 26.5. The van der Waals surface area contributed by atoms with Gasteiger partial charge in [-0.15, -0.1) is 0 Å². The third kappa shape index (κ3) is 6.20. The van der Waals surface area contributed by atoms with Crippen molar-refractivity contribution in [3.63, 3.8) is 0 Å². The van der Waals surface area contributed by atoms with E-state index in [1.165, 1.54) is 71.1 Å². The van der Waals surface area contributed by atoms with E-state index in [9.17, 15) is 4.79 Å². The fourth-order valence-electron chi connectivity index (χ4n) is 6.83. The molecule has 0 spiro atoms. The van der Waals surface area contributed by atoms with Gasteiger partial charge in [0, 0.05) is 5.56 Å². The van der Waals surface area contributed by atoms with Gasteiger partial charge in [0.2, 0.25) is 0 Å². The Morgan fingerprint density at radius 2 is 1.04 bits per heavy atom. The first-order valence-electron chi connectivity index (χ1n) is 15.5. The van der Waals surface area contributed by atoms with Crippen LogP contribution in [0.2, 0.25) is 0 Å². The number of carbonyl (C=O) groups excluding carboxylic acids is 1. The van der Waals surface area contributed by atoms with E-state index in [-0.39, 0.29) is 0 Å². The molecule has 0 saturated heterocycles. The number of fused-ring (bicyclic) bond motifs is 2. The summed E-state index contributed by atoms with van der Waals surface area (Å²) in [6.45, 7) is 9.33. The number of aryl methyl sites for hydroxylation is 6. The molecule has 0 amide bonds. The van der Waals surface area contributed by atoms with Crippen LogP contribution in [0.3, 0.4) is 0 Å². The van der Waals surface area contributed by atoms with E-state index in [0.29, 0.717) is 0 Å². The number of nitrogens with two attached hydrogens (primary N) is 1. The molecule has 0 unspecified atom stereocenters. The Morgan fingerprint density at radius 3 is 1.58 bits per heavy atom. The molecule has 3 N–H and O–H groups in total. The van der Waals surface area contributed by atoms with Crippen molar-refractivity contribution in [2.45, 2.75) is 47.0 Å². The van der Waals surface area contributed by atoms with Crippen LogP contribution in [0.15, 0.2) is 97.1 Å². The van der Waals surface area contributed by atoms with Crippen LogP contribution in [0, 0.1) is 38.2 Å². The highest BCUT2D eigenvalue weighted by Crippen LogP contribution is 2.43. The Labute approximate surface area is 265 Å². The first-order chi connectivity index (χ1) is 21.9. The molecule has 0 aliphatic rings. The minimum Gasteiger partial charge on any atom is -0.330 e. The SMILES string of the molecule is Cc1cccc(CCN)c1.Cc1cccc(CCc2ccc3c4ccc(C)c5c(C=O)ccc(c6ccc(C)c2c63)c54)c1.N=O. The Balaban J connectivity index is 0.000000284. The quantitative estimate of drug-likeness (QED) is 0.0872. The van der Waals surface area contributed by atoms with Gasteiger partial charge in [-0.2, -0.15) is 4.91 Å². The van der Waals surface area contributed by atoms with Gasteiger partial charge in [-0.1, -0.05) is 114 Å². The lowest BCUT2D eigenvalue weighted by Crippen LogP contribution is -2.02. The van der Waals surface area contributed by atoms with Gasteiger partial charge in [0.05, 0.1) is 0 Å². The number of hydrogen-bond acceptors (Lipinski definition) is 4. The predicted octanol–water partition coefficient (Wildman–Crippen LogP) is 10.1. The van der Waals surface area contributed by atoms with Crippen molar-refractivity contribution in [3.8, 4) is 0 Å². The summed E-state index contributed by atoms with van der Waals surface area (Å²) in [6, 6.07) is 35.0. The fourth-order valence-corrected chi connectivity index (χ4v) is 6.83. The third-order valence-corrected chi connectivity index (χ3v) is 8.84. The Kier molecular flexibility index (Phi) is 9.65. The van der Waals surface area contributed by atoms with Gasteiger partial charge in [0.1, 0.15) is 0 Å². The number of rotatable bonds is 6. The van der Waals surface area contributed by atoms with Crippen LogP contribution in [0.25, 0.3) is 43.1 Å². The van der Waals surface area contributed by atoms with Crippen molar-refractivity contribution in [1.82, 2.24) is 0 Å². The number of nitrogens with one attached hydrogen (secondary N) is 1. The molecule has 4 heteroatoms. The summed E-state index contributed by atoms with van der Waals surface area (Å²) < 4.78 is 0. The highest BCUT2D eigenvalue weighted by Gasteiger charge is 2.18. The first-order valence-corrected chi connectivity index (χ1v) is 15.5. The lowest BCUT2D eigenvalue weighted by atomic mass is 9.84. The van der Waals surface area contributed by atoms with Crippen LogP contribution in [-0.2, 0) is 19.3 Å². The summed E-state index contributed by atoms with van der Waals surface area (Å²) in [5.41, 5.74) is 19.9. The number of carbonyl (C=O) groups is 1. The van der Waals surface area contributed by atoms with Crippen molar-refractivity contribution in [2.75, 3.05) is 6.54 Å². The van der Waals surface area contributed by atoms with E-state index in [1.807, 2.05) is 6.07 Å². The molecular weight excluding hydrogens is 552 g/mol. The maximum atomic E-state index is 11.8. The number of aldehydes is 1. The number of benzene rings is 7. The topological polar surface area (TPSA) is 84.0 Å². The molecular formula is C41H40N2O2. The van der Waals surface area contributed by atoms with Gasteiger partial charge < -0.3 is 5.73 Å². The Hall–Kier alpha value is -4.93. The van der Waals surface area contributed by atoms with Crippen LogP contribution in [-0.4, -0.2) is 12.8 Å². The molecule has 0 radical (unpaired) electrons. The molecule has 7 rings (SSSR count). The second-order valence-electron chi connectivity index (χ2n) is 12.0. The normalized spacial score (nSPS) is 11.0. The van der Waals surface area contributed by atoms with Crippen molar-refractivity contribution >= 4 is 49.4 Å². The molecule has 0 aliphatic heterocycles. The molecule has 226 valence electrons. The van der Waals surface area contributed by atoms with Gasteiger partial charge in [-0.05, 0) is 124 Å². The summed E-state index contributed by atoms with van der Waals surface area (Å²) in [4.78, 5) is 19.3. The van der Waals surface area contributed by atoms with E-state index in [1.54, 1.807) is 0 Å². The van der Waals surface area contributed by atoms with Crippen molar-refractivity contribution in [3.05, 3.63) is 146 Å². The average molecular weight is 593 g/mol. The first kappa shape index (κ1) is 31.5. The Bertz CT molecular complexity index is 2110. The van der Waals surface area contributed by atoms with Crippen LogP contribution in [0.4, 0.5) is 0 Å². The molecule has 0 aromatic heterocycles. The minimum absolute atomic E-state index is 0.740. The molecule has 0 aliphatic carbocycles. The van der Waals surface area contributed by atoms with Crippen molar-refractivity contribution < 1.29 is 4.79 Å². The van der Waals surface area contributed by atoms with E-state index in [0.717, 1.165) is 48.6 Å². The molecule has 0 saturated carbocycles. The molecule has 7 aromatic carbocycles. The zero-order chi connectivity index (χ0) is 32.1. The second-order valence-corrected chi connectivity index (χ2v) is 12.0. The lowest BCUT2D eigenvalue weighted by molar-refractivity contribution is 0.112. The summed E-state index contributed by atoms with van der Waals surface area (Å²) in [5.74, 6) is 0. The molecule has 7 aromatic rings. The lowest BCUT2D eigenvalue weighted by Gasteiger charge is -2.19. The number of hydrogen-bond donors (Lipinski definition) is 2. The second kappa shape index (κ2) is 13.8. The fraction of sp³-hybridized carbons (Fsp3) is 0.195. The van der Waals surface area contributed by atoms with Gasteiger partial charge in [-0.25, -0.2) is 0 Å². The monoisotopic (exact) mass is 592 g/mol. The van der Waals surface area contributed by atoms with Crippen molar-refractivity contribution in [1.29, 1.82) is 5.59 Å². The molecule has 0 fully saturated rings. The third-order valence-electron chi connectivity index (χ3n) is 8.84. The highest BCUT2D eigenvalue weighted by molar-refractivity contribution is 6.34. The summed E-state index contributed by atoms with van der Waals surface area (Å²) in [5, 5.41) is 10.1. The minimum atomic E-state index is 0.740. The molecule has 0 bridgehead atoms. The summed E-state index contributed by atoms with van der Waals surface area (Å²) in [7, 11) is 0. The standard InChI is InChI=1S/C32H26O.C9H13N.HNO/c1-19-5-4-6-22(17-19)9-10-23-11-15-27-26-14-8-21(3)30-24(18-33)12-16-28(32(26)30)25-13-7-20(2)29(23)31(25)27;1-8-3-2-4-9(7-8)5-6-10;1-2/h4-8,11-18H,9-10H2,1-3H3;2-4,7H,5-6,10H2,1H3;1H. The van der Waals surface area contributed by atoms with E-state index < -0.39 is 0 Å². The van der Waals surface area contributed by atoms with Crippen molar-refractivity contribution in [2.24, 2.45) is 5.73 Å². The highest BCUT2D eigenvalue weighted by atomic mass is 16.2. The zero-order valence-corrected chi connectivity index (χ0v) is 26.5. The van der Waals surface area contributed by atoms with Gasteiger partial charge in [0.15, 0.2) is 6.29 Å². The van der Waals surface area contributed by atoms with Crippen LogP contribution in [0.5, 0.6) is 0 Å². The smallest absolute Gasteiger partial charge is 0.150 e. The van der Waals surface area contributed by atoms with E-state index >= 15 is 0 Å². The van der Waals surface area contributed by atoms with Crippen LogP contribution in [0.1, 0.15) is 49.3 Å². The largest absolute Gasteiger partial charge is 0.330 e. The molecule has 45 heavy (non-hydrogen) atoms. The van der Waals surface area contributed by atoms with Crippen LogP contribution >= 0.6 is 0 Å². The van der Waals surface area contributed by atoms with E-state index in [2.05, 4.69) is 124 Å². The van der Waals surface area contributed by atoms with Gasteiger partial charge in [-0.3, -0.25) is 4.79 Å². The predicted molar refractivity (Wildman–Crippen MR) is 191 cm³/mol. The maximum absolute atomic E-state index is 11.8. The van der Waals surface area contributed by atoms with Gasteiger partial charge >= 0.3 is 0 Å². The summed E-state index contributed by atoms with van der Waals surface area (Å²) in [6.07, 6.45) is 4.03. The van der Waals surface area contributed by atoms with Gasteiger partial charge in [0.25, 0.3) is 0 Å². The van der Waals surface area contributed by atoms with E-state index in [4.69, 9.17) is 10.6 Å². The molecule has 0 atom stereocenters. The molecule has 4 nitrogen and oxygen atoms in total.